The second-order valence-electron chi connectivity index (χ2n) is 5.76. The van der Waals surface area contributed by atoms with Crippen molar-refractivity contribution in [1.29, 1.82) is 0 Å². The van der Waals surface area contributed by atoms with Gasteiger partial charge in [-0.05, 0) is 30.5 Å². The van der Waals surface area contributed by atoms with Gasteiger partial charge in [0.25, 0.3) is 0 Å². The van der Waals surface area contributed by atoms with Crippen LogP contribution in [0.25, 0.3) is 0 Å². The van der Waals surface area contributed by atoms with Crippen LogP contribution in [-0.4, -0.2) is 28.9 Å². The van der Waals surface area contributed by atoms with Gasteiger partial charge in [-0.1, -0.05) is 23.9 Å². The van der Waals surface area contributed by atoms with E-state index < -0.39 is 0 Å². The summed E-state index contributed by atoms with van der Waals surface area (Å²) in [5, 5.41) is 3.65. The molecule has 1 saturated heterocycles. The van der Waals surface area contributed by atoms with Gasteiger partial charge >= 0.3 is 0 Å². The molecule has 1 saturated carbocycles. The third-order valence-corrected chi connectivity index (χ3v) is 4.82. The summed E-state index contributed by atoms with van der Waals surface area (Å²) in [6.45, 7) is 3.07. The fraction of sp³-hybridized carbons (Fsp3) is 0.500. The van der Waals surface area contributed by atoms with Crippen molar-refractivity contribution in [3.8, 4) is 0 Å². The molecule has 1 aliphatic carbocycles. The van der Waals surface area contributed by atoms with Crippen LogP contribution in [0.2, 0.25) is 0 Å². The summed E-state index contributed by atoms with van der Waals surface area (Å²) in [6.07, 6.45) is 3.03. The monoisotopic (exact) mass is 304 g/mol. The quantitative estimate of drug-likeness (QED) is 0.907. The average Bonchev–Trinajstić information content (AvgIpc) is 3.20. The Morgan fingerprint density at radius 1 is 1.33 bits per heavy atom. The van der Waals surface area contributed by atoms with Gasteiger partial charge in [-0.2, -0.15) is 0 Å². The summed E-state index contributed by atoms with van der Waals surface area (Å²) >= 11 is 1.27. The molecule has 0 bridgehead atoms. The predicted octanol–water partition coefficient (Wildman–Crippen LogP) is 2.32. The Labute approximate surface area is 129 Å². The van der Waals surface area contributed by atoms with E-state index in [4.69, 9.17) is 0 Å². The maximum atomic E-state index is 12.1. The van der Waals surface area contributed by atoms with E-state index >= 15 is 0 Å². The van der Waals surface area contributed by atoms with Crippen LogP contribution < -0.4 is 10.2 Å². The third kappa shape index (κ3) is 3.86. The van der Waals surface area contributed by atoms with Gasteiger partial charge in [-0.15, -0.1) is 0 Å². The van der Waals surface area contributed by atoms with Gasteiger partial charge in [-0.3, -0.25) is 9.59 Å². The molecule has 1 N–H and O–H groups in total. The number of anilines is 1. The van der Waals surface area contributed by atoms with Gasteiger partial charge in [0.1, 0.15) is 0 Å². The minimum atomic E-state index is 0.0798. The maximum Gasteiger partial charge on any atom is 0.228 e. The average molecular weight is 304 g/mol. The second-order valence-corrected chi connectivity index (χ2v) is 7.24. The van der Waals surface area contributed by atoms with Gasteiger partial charge in [0, 0.05) is 43.4 Å². The Bertz CT molecular complexity index is 540. The van der Waals surface area contributed by atoms with Gasteiger partial charge in [-0.25, -0.2) is 0 Å². The number of carbonyl (C=O) groups is 2. The summed E-state index contributed by atoms with van der Waals surface area (Å²) in [7, 11) is 0. The molecular formula is C16H20N2O2S. The van der Waals surface area contributed by atoms with Crippen molar-refractivity contribution in [3.05, 3.63) is 29.8 Å². The number of amides is 1. The third-order valence-electron chi connectivity index (χ3n) is 3.84. The first-order valence-corrected chi connectivity index (χ1v) is 8.29. The van der Waals surface area contributed by atoms with Crippen LogP contribution in [-0.2, 0) is 16.1 Å². The van der Waals surface area contributed by atoms with Crippen molar-refractivity contribution in [3.63, 3.8) is 0 Å². The Kier molecular flexibility index (Phi) is 4.31. The van der Waals surface area contributed by atoms with Crippen molar-refractivity contribution >= 4 is 28.5 Å². The molecule has 0 spiro atoms. The SMILES string of the molecule is CC(=O)SC1CC(=O)N(c2ccc(CNC3CC3)cc2)C1. The van der Waals surface area contributed by atoms with E-state index in [1.165, 1.54) is 30.2 Å². The Morgan fingerprint density at radius 3 is 2.67 bits per heavy atom. The molecule has 1 aromatic rings. The highest BCUT2D eigenvalue weighted by atomic mass is 32.2. The molecule has 1 unspecified atom stereocenters. The molecule has 1 aromatic carbocycles. The van der Waals surface area contributed by atoms with Gasteiger partial charge < -0.3 is 10.2 Å². The van der Waals surface area contributed by atoms with Gasteiger partial charge in [0.05, 0.1) is 0 Å². The highest BCUT2D eigenvalue weighted by Gasteiger charge is 2.31. The highest BCUT2D eigenvalue weighted by molar-refractivity contribution is 8.14. The zero-order valence-electron chi connectivity index (χ0n) is 12.2. The first kappa shape index (κ1) is 14.6. The van der Waals surface area contributed by atoms with Crippen LogP contribution in [0.5, 0.6) is 0 Å². The molecule has 112 valence electrons. The fourth-order valence-corrected chi connectivity index (χ4v) is 3.50. The molecule has 1 amide bonds. The van der Waals surface area contributed by atoms with Crippen molar-refractivity contribution in [2.45, 2.75) is 44.0 Å². The number of rotatable bonds is 5. The molecule has 4 nitrogen and oxygen atoms in total. The van der Waals surface area contributed by atoms with E-state index in [-0.39, 0.29) is 16.3 Å². The van der Waals surface area contributed by atoms with E-state index in [1.54, 1.807) is 11.8 Å². The van der Waals surface area contributed by atoms with Crippen molar-refractivity contribution in [2.24, 2.45) is 0 Å². The summed E-state index contributed by atoms with van der Waals surface area (Å²) < 4.78 is 0. The molecule has 1 heterocycles. The van der Waals surface area contributed by atoms with Crippen molar-refractivity contribution in [1.82, 2.24) is 5.32 Å². The number of nitrogens with zero attached hydrogens (tertiary/aromatic N) is 1. The lowest BCUT2D eigenvalue weighted by atomic mass is 10.2. The maximum absolute atomic E-state index is 12.1. The first-order chi connectivity index (χ1) is 10.1. The van der Waals surface area contributed by atoms with E-state index in [0.29, 0.717) is 19.0 Å². The highest BCUT2D eigenvalue weighted by Crippen LogP contribution is 2.29. The molecule has 3 rings (SSSR count). The standard InChI is InChI=1S/C16H20N2O2S/c1-11(19)21-15-8-16(20)18(10-15)14-6-2-12(3-7-14)9-17-13-4-5-13/h2-3,6-7,13,15,17H,4-5,8-10H2,1H3. The summed E-state index contributed by atoms with van der Waals surface area (Å²) in [5.41, 5.74) is 2.17. The lowest BCUT2D eigenvalue weighted by Crippen LogP contribution is -2.25. The van der Waals surface area contributed by atoms with Crippen LogP contribution in [0.1, 0.15) is 31.7 Å². The molecule has 21 heavy (non-hydrogen) atoms. The van der Waals surface area contributed by atoms with E-state index in [2.05, 4.69) is 17.4 Å². The molecular weight excluding hydrogens is 284 g/mol. The minimum absolute atomic E-state index is 0.0798. The lowest BCUT2D eigenvalue weighted by Gasteiger charge is -2.17. The van der Waals surface area contributed by atoms with Crippen molar-refractivity contribution < 1.29 is 9.59 Å². The van der Waals surface area contributed by atoms with Gasteiger partial charge in [0.15, 0.2) is 5.12 Å². The largest absolute Gasteiger partial charge is 0.311 e. The second kappa shape index (κ2) is 6.20. The zero-order valence-corrected chi connectivity index (χ0v) is 13.0. The minimum Gasteiger partial charge on any atom is -0.311 e. The number of thioether (sulfide) groups is 1. The zero-order chi connectivity index (χ0) is 14.8. The fourth-order valence-electron chi connectivity index (χ4n) is 2.58. The van der Waals surface area contributed by atoms with E-state index in [0.717, 1.165) is 12.2 Å². The van der Waals surface area contributed by atoms with Crippen LogP contribution in [0.4, 0.5) is 5.69 Å². The van der Waals surface area contributed by atoms with Crippen molar-refractivity contribution in [2.75, 3.05) is 11.4 Å². The molecule has 2 aliphatic rings. The normalized spacial score (nSPS) is 21.9. The van der Waals surface area contributed by atoms with E-state index in [1.807, 2.05) is 12.1 Å². The molecule has 2 fully saturated rings. The first-order valence-electron chi connectivity index (χ1n) is 7.42. The van der Waals surface area contributed by atoms with Gasteiger partial charge in [0.2, 0.25) is 5.91 Å². The molecule has 1 atom stereocenters. The van der Waals surface area contributed by atoms with Crippen LogP contribution in [0.3, 0.4) is 0 Å². The topological polar surface area (TPSA) is 49.4 Å². The number of hydrogen-bond donors (Lipinski definition) is 1. The van der Waals surface area contributed by atoms with Crippen LogP contribution >= 0.6 is 11.8 Å². The summed E-state index contributed by atoms with van der Waals surface area (Å²) in [4.78, 5) is 25.0. The molecule has 0 aromatic heterocycles. The number of benzene rings is 1. The Morgan fingerprint density at radius 2 is 2.05 bits per heavy atom. The lowest BCUT2D eigenvalue weighted by molar-refractivity contribution is -0.117. The van der Waals surface area contributed by atoms with E-state index in [9.17, 15) is 9.59 Å². The number of carbonyl (C=O) groups excluding carboxylic acids is 2. The number of nitrogens with one attached hydrogen (secondary N) is 1. The molecule has 0 radical (unpaired) electrons. The summed E-state index contributed by atoms with van der Waals surface area (Å²) in [5.74, 6) is 0.109. The Hall–Kier alpha value is -1.33. The molecule has 5 heteroatoms. The predicted molar refractivity (Wildman–Crippen MR) is 85.3 cm³/mol. The smallest absolute Gasteiger partial charge is 0.228 e. The van der Waals surface area contributed by atoms with Crippen LogP contribution in [0, 0.1) is 0 Å². The molecule has 1 aliphatic heterocycles. The van der Waals surface area contributed by atoms with Crippen LogP contribution in [0.15, 0.2) is 24.3 Å². The summed E-state index contributed by atoms with van der Waals surface area (Å²) in [6, 6.07) is 8.85. The Balaban J connectivity index is 1.60. The number of hydrogen-bond acceptors (Lipinski definition) is 4.